The van der Waals surface area contributed by atoms with Crippen molar-refractivity contribution in [1.82, 2.24) is 4.90 Å². The monoisotopic (exact) mass is 371 g/mol. The third-order valence-electron chi connectivity index (χ3n) is 5.53. The van der Waals surface area contributed by atoms with Gasteiger partial charge in [-0.3, -0.25) is 9.69 Å². The molecular weight excluding hydrogens is 346 g/mol. The minimum Gasteiger partial charge on any atom is -0.496 e. The molecule has 3 aromatic rings. The molecule has 0 saturated carbocycles. The summed E-state index contributed by atoms with van der Waals surface area (Å²) in [7, 11) is 1.69. The number of Topliss-reactive ketones (excluding diaryl/α,β-unsaturated/α-hetero) is 1. The lowest BCUT2D eigenvalue weighted by molar-refractivity contribution is -0.126. The maximum absolute atomic E-state index is 12.8. The molecule has 1 heterocycles. The quantitative estimate of drug-likeness (QED) is 0.606. The van der Waals surface area contributed by atoms with E-state index in [1.54, 1.807) is 7.11 Å². The lowest BCUT2D eigenvalue weighted by Crippen LogP contribution is -2.39. The van der Waals surface area contributed by atoms with Crippen LogP contribution in [0.25, 0.3) is 0 Å². The van der Waals surface area contributed by atoms with E-state index >= 15 is 0 Å². The topological polar surface area (TPSA) is 29.5 Å². The van der Waals surface area contributed by atoms with Crippen LogP contribution in [0.2, 0.25) is 0 Å². The summed E-state index contributed by atoms with van der Waals surface area (Å²) >= 11 is 0. The molecule has 0 amide bonds. The van der Waals surface area contributed by atoms with Gasteiger partial charge in [-0.2, -0.15) is 0 Å². The van der Waals surface area contributed by atoms with Gasteiger partial charge >= 0.3 is 0 Å². The molecule has 0 aliphatic carbocycles. The summed E-state index contributed by atoms with van der Waals surface area (Å²) in [5.74, 6) is 1.14. The molecule has 1 aliphatic heterocycles. The molecule has 0 bridgehead atoms. The molecule has 1 aliphatic rings. The molecule has 3 aromatic carbocycles. The number of rotatable bonds is 5. The van der Waals surface area contributed by atoms with Gasteiger partial charge in [0.05, 0.1) is 7.11 Å². The van der Waals surface area contributed by atoms with E-state index in [4.69, 9.17) is 4.74 Å². The molecule has 0 spiro atoms. The fourth-order valence-electron chi connectivity index (χ4n) is 4.20. The van der Waals surface area contributed by atoms with Crippen LogP contribution in [-0.4, -0.2) is 17.8 Å². The number of likely N-dealkylation sites (tertiary alicyclic amines) is 1. The van der Waals surface area contributed by atoms with E-state index in [0.29, 0.717) is 18.6 Å². The number of benzene rings is 3. The summed E-state index contributed by atoms with van der Waals surface area (Å²) in [5, 5.41) is 0. The Kier molecular flexibility index (Phi) is 5.54. The number of piperidine rings is 1. The Bertz CT molecular complexity index is 924. The van der Waals surface area contributed by atoms with Gasteiger partial charge in [0.2, 0.25) is 0 Å². The molecule has 0 N–H and O–H groups in total. The van der Waals surface area contributed by atoms with Crippen molar-refractivity contribution in [1.29, 1.82) is 0 Å². The Hall–Kier alpha value is -2.91. The van der Waals surface area contributed by atoms with Crippen LogP contribution >= 0.6 is 0 Å². The van der Waals surface area contributed by atoms with Crippen molar-refractivity contribution in [2.75, 3.05) is 7.11 Å². The Balaban J connectivity index is 1.78. The number of ether oxygens (including phenoxy) is 1. The zero-order valence-corrected chi connectivity index (χ0v) is 16.1. The first-order chi connectivity index (χ1) is 13.8. The lowest BCUT2D eigenvalue weighted by atomic mass is 9.86. The van der Waals surface area contributed by atoms with Crippen molar-refractivity contribution in [3.05, 3.63) is 102 Å². The van der Waals surface area contributed by atoms with E-state index in [0.717, 1.165) is 17.9 Å². The van der Waals surface area contributed by atoms with Gasteiger partial charge in [-0.25, -0.2) is 0 Å². The van der Waals surface area contributed by atoms with E-state index in [1.807, 2.05) is 42.5 Å². The molecule has 3 heteroatoms. The maximum atomic E-state index is 12.8. The first-order valence-electron chi connectivity index (χ1n) is 9.75. The molecule has 2 atom stereocenters. The van der Waals surface area contributed by atoms with Crippen molar-refractivity contribution >= 4 is 5.78 Å². The van der Waals surface area contributed by atoms with Crippen molar-refractivity contribution < 1.29 is 9.53 Å². The highest BCUT2D eigenvalue weighted by Crippen LogP contribution is 2.43. The van der Waals surface area contributed by atoms with Crippen LogP contribution < -0.4 is 4.74 Å². The molecule has 0 unspecified atom stereocenters. The number of hydrogen-bond donors (Lipinski definition) is 0. The van der Waals surface area contributed by atoms with Crippen molar-refractivity contribution in [2.45, 2.75) is 31.5 Å². The van der Waals surface area contributed by atoms with E-state index in [-0.39, 0.29) is 12.1 Å². The minimum absolute atomic E-state index is 0.0113. The fourth-order valence-corrected chi connectivity index (χ4v) is 4.20. The smallest absolute Gasteiger partial charge is 0.136 e. The highest BCUT2D eigenvalue weighted by molar-refractivity contribution is 5.81. The predicted octanol–water partition coefficient (Wildman–Crippen LogP) is 5.34. The Morgan fingerprint density at radius 3 is 2.14 bits per heavy atom. The standard InChI is InChI=1S/C25H25NO2/c1-28-25-15-9-8-14-22(25)24-17-21(27)16-23(20-12-6-3-7-13-20)26(24)18-19-10-4-2-5-11-19/h2-15,23-24H,16-18H2,1H3/t23-,24-/m0/s1. The number of carbonyl (C=O) groups excluding carboxylic acids is 1. The van der Waals surface area contributed by atoms with E-state index in [2.05, 4.69) is 47.4 Å². The number of nitrogens with zero attached hydrogens (tertiary/aromatic N) is 1. The van der Waals surface area contributed by atoms with Crippen molar-refractivity contribution in [3.8, 4) is 5.75 Å². The molecule has 4 rings (SSSR count). The molecule has 28 heavy (non-hydrogen) atoms. The minimum atomic E-state index is -0.0113. The second-order valence-corrected chi connectivity index (χ2v) is 7.29. The van der Waals surface area contributed by atoms with Gasteiger partial charge in [-0.15, -0.1) is 0 Å². The molecule has 3 nitrogen and oxygen atoms in total. The number of para-hydroxylation sites is 1. The van der Waals surface area contributed by atoms with Gasteiger partial charge in [-0.05, 0) is 17.2 Å². The van der Waals surface area contributed by atoms with Gasteiger partial charge in [0.15, 0.2) is 0 Å². The first kappa shape index (κ1) is 18.5. The van der Waals surface area contributed by atoms with Crippen LogP contribution in [0, 0.1) is 0 Å². The lowest BCUT2D eigenvalue weighted by Gasteiger charge is -2.42. The molecule has 0 aromatic heterocycles. The zero-order valence-electron chi connectivity index (χ0n) is 16.1. The highest BCUT2D eigenvalue weighted by Gasteiger charge is 2.37. The average Bonchev–Trinajstić information content (AvgIpc) is 2.76. The first-order valence-corrected chi connectivity index (χ1v) is 9.75. The van der Waals surface area contributed by atoms with Crippen LogP contribution in [0.1, 0.15) is 41.6 Å². The average molecular weight is 371 g/mol. The van der Waals surface area contributed by atoms with Crippen LogP contribution in [-0.2, 0) is 11.3 Å². The number of carbonyl (C=O) groups is 1. The van der Waals surface area contributed by atoms with E-state index in [1.165, 1.54) is 11.1 Å². The van der Waals surface area contributed by atoms with Crippen molar-refractivity contribution in [3.63, 3.8) is 0 Å². The van der Waals surface area contributed by atoms with Crippen LogP contribution in [0.5, 0.6) is 5.75 Å². The van der Waals surface area contributed by atoms with Gasteiger partial charge in [-0.1, -0.05) is 78.9 Å². The molecule has 142 valence electrons. The second kappa shape index (κ2) is 8.41. The largest absolute Gasteiger partial charge is 0.496 e. The molecule has 1 saturated heterocycles. The van der Waals surface area contributed by atoms with E-state index < -0.39 is 0 Å². The number of hydrogen-bond acceptors (Lipinski definition) is 3. The summed E-state index contributed by atoms with van der Waals surface area (Å²) in [6.07, 6.45) is 1.05. The Morgan fingerprint density at radius 2 is 1.43 bits per heavy atom. The molecule has 1 fully saturated rings. The van der Waals surface area contributed by atoms with Gasteiger partial charge < -0.3 is 4.74 Å². The Labute approximate surface area is 166 Å². The fraction of sp³-hybridized carbons (Fsp3) is 0.240. The third-order valence-corrected chi connectivity index (χ3v) is 5.53. The SMILES string of the molecule is COc1ccccc1[C@@H]1CC(=O)C[C@@H](c2ccccc2)N1Cc1ccccc1. The number of methoxy groups -OCH3 is 1. The second-order valence-electron chi connectivity index (χ2n) is 7.29. The van der Waals surface area contributed by atoms with E-state index in [9.17, 15) is 4.79 Å². The van der Waals surface area contributed by atoms with Crippen molar-refractivity contribution in [2.24, 2.45) is 0 Å². The summed E-state index contributed by atoms with van der Waals surface area (Å²) in [6.45, 7) is 0.788. The molecule has 0 radical (unpaired) electrons. The van der Waals surface area contributed by atoms with Gasteiger partial charge in [0, 0.05) is 37.0 Å². The van der Waals surface area contributed by atoms with Crippen LogP contribution in [0.4, 0.5) is 0 Å². The molecular formula is C25H25NO2. The third kappa shape index (κ3) is 3.85. The Morgan fingerprint density at radius 1 is 0.821 bits per heavy atom. The van der Waals surface area contributed by atoms with Gasteiger partial charge in [0.1, 0.15) is 11.5 Å². The van der Waals surface area contributed by atoms with Crippen LogP contribution in [0.15, 0.2) is 84.9 Å². The number of ketones is 1. The summed E-state index contributed by atoms with van der Waals surface area (Å²) in [6, 6.07) is 29.0. The normalized spacial score (nSPS) is 20.1. The summed E-state index contributed by atoms with van der Waals surface area (Å²) in [4.78, 5) is 15.2. The predicted molar refractivity (Wildman–Crippen MR) is 111 cm³/mol. The highest BCUT2D eigenvalue weighted by atomic mass is 16.5. The maximum Gasteiger partial charge on any atom is 0.136 e. The summed E-state index contributed by atoms with van der Waals surface area (Å²) in [5.41, 5.74) is 3.51. The summed E-state index contributed by atoms with van der Waals surface area (Å²) < 4.78 is 5.64. The van der Waals surface area contributed by atoms with Gasteiger partial charge in [0.25, 0.3) is 0 Å². The van der Waals surface area contributed by atoms with Crippen LogP contribution in [0.3, 0.4) is 0 Å². The zero-order chi connectivity index (χ0) is 19.3.